The van der Waals surface area contributed by atoms with Gasteiger partial charge in [0, 0.05) is 24.5 Å². The number of hydrogen-bond donors (Lipinski definition) is 0. The molecule has 0 spiro atoms. The molecule has 5 nitrogen and oxygen atoms in total. The predicted octanol–water partition coefficient (Wildman–Crippen LogP) is 3.99. The van der Waals surface area contributed by atoms with E-state index in [0.717, 1.165) is 0 Å². The Morgan fingerprint density at radius 3 is 1.63 bits per heavy atom. The number of carbonyl (C=O) groups excluding carboxylic acids is 2. The topological polar surface area (TPSA) is 69.7 Å². The van der Waals surface area contributed by atoms with Gasteiger partial charge in [0.05, 0.1) is 0 Å². The zero-order chi connectivity index (χ0) is 22.3. The molecule has 0 heterocycles. The summed E-state index contributed by atoms with van der Waals surface area (Å²) in [6.07, 6.45) is -0.518. The van der Waals surface area contributed by atoms with Gasteiger partial charge in [-0.15, -0.1) is 0 Å². The number of carbonyl (C=O) groups is 2. The minimum Gasteiger partial charge on any atom is -0.457 e. The summed E-state index contributed by atoms with van der Waals surface area (Å²) in [6, 6.07) is 17.9. The van der Waals surface area contributed by atoms with Crippen molar-refractivity contribution in [1.82, 2.24) is 0 Å². The van der Waals surface area contributed by atoms with E-state index in [1.54, 1.807) is 55.5 Å². The van der Waals surface area contributed by atoms with Crippen molar-refractivity contribution in [3.8, 4) is 0 Å². The van der Waals surface area contributed by atoms with Crippen LogP contribution in [0, 0.1) is 0 Å². The van der Waals surface area contributed by atoms with Crippen LogP contribution in [0.25, 0.3) is 0 Å². The van der Waals surface area contributed by atoms with Gasteiger partial charge in [-0.1, -0.05) is 79.9 Å². The molecule has 30 heavy (non-hydrogen) atoms. The number of hydrogen-bond acceptors (Lipinski definition) is 5. The summed E-state index contributed by atoms with van der Waals surface area (Å²) < 4.78 is 26.0. The number of ether oxygens (including phenoxy) is 2. The molecule has 0 saturated carbocycles. The number of benzene rings is 2. The van der Waals surface area contributed by atoms with E-state index < -0.39 is 36.9 Å². The van der Waals surface area contributed by atoms with Gasteiger partial charge in [0.2, 0.25) is 0 Å². The highest BCUT2D eigenvalue weighted by molar-refractivity contribution is 7.79. The molecule has 0 radical (unpaired) electrons. The molecule has 0 aromatic heterocycles. The number of rotatable bonds is 9. The second-order valence-electron chi connectivity index (χ2n) is 7.01. The Labute approximate surface area is 177 Å². The highest BCUT2D eigenvalue weighted by Crippen LogP contribution is 2.53. The van der Waals surface area contributed by atoms with Gasteiger partial charge in [0.25, 0.3) is 0 Å². The average Bonchev–Trinajstić information content (AvgIpc) is 2.72. The van der Waals surface area contributed by atoms with Gasteiger partial charge in [-0.3, -0.25) is 9.59 Å². The van der Waals surface area contributed by atoms with E-state index in [0.29, 0.717) is 16.2 Å². The van der Waals surface area contributed by atoms with E-state index in [9.17, 15) is 14.2 Å². The van der Waals surface area contributed by atoms with Crippen LogP contribution in [0.1, 0.15) is 20.8 Å². The van der Waals surface area contributed by atoms with Crippen LogP contribution in [0.3, 0.4) is 0 Å². The first kappa shape index (κ1) is 23.4. The molecule has 2 rings (SSSR count). The average molecular weight is 426 g/mol. The third kappa shape index (κ3) is 5.17. The number of esters is 2. The molecule has 0 aliphatic rings. The van der Waals surface area contributed by atoms with Crippen LogP contribution in [0.4, 0.5) is 0 Å². The standard InChI is InChI=1S/C24H27O5P/c1-6-22(28-18(4)25)24(23(17(2)3)29-19(5)26)30(27,20-13-9-7-10-14-20)21-15-11-8-12-16-21/h6-16,22-24H,1-2H2,3-5H3/t22-,23-,24-/m1/s1. The summed E-state index contributed by atoms with van der Waals surface area (Å²) in [5.74, 6) is -1.10. The smallest absolute Gasteiger partial charge is 0.303 e. The van der Waals surface area contributed by atoms with Crippen molar-refractivity contribution in [3.63, 3.8) is 0 Å². The van der Waals surface area contributed by atoms with Crippen LogP contribution in [0.15, 0.2) is 85.5 Å². The maximum Gasteiger partial charge on any atom is 0.303 e. The molecule has 158 valence electrons. The fourth-order valence-electron chi connectivity index (χ4n) is 3.45. The van der Waals surface area contributed by atoms with Crippen molar-refractivity contribution in [2.24, 2.45) is 0 Å². The maximum absolute atomic E-state index is 15.0. The zero-order valence-electron chi connectivity index (χ0n) is 17.5. The van der Waals surface area contributed by atoms with Crippen LogP contribution in [0.2, 0.25) is 0 Å². The first-order chi connectivity index (χ1) is 14.2. The van der Waals surface area contributed by atoms with Crippen LogP contribution in [-0.2, 0) is 23.6 Å². The van der Waals surface area contributed by atoms with Crippen molar-refractivity contribution in [2.75, 3.05) is 0 Å². The van der Waals surface area contributed by atoms with Crippen molar-refractivity contribution >= 4 is 29.7 Å². The highest BCUT2D eigenvalue weighted by Gasteiger charge is 2.48. The van der Waals surface area contributed by atoms with Crippen LogP contribution < -0.4 is 10.6 Å². The summed E-state index contributed by atoms with van der Waals surface area (Å²) in [5, 5.41) is 1.11. The van der Waals surface area contributed by atoms with E-state index in [1.807, 2.05) is 12.1 Å². The lowest BCUT2D eigenvalue weighted by molar-refractivity contribution is -0.148. The molecule has 0 aliphatic heterocycles. The molecule has 2 aromatic rings. The highest BCUT2D eigenvalue weighted by atomic mass is 31.2. The molecule has 0 amide bonds. The molecule has 3 atom stereocenters. The predicted molar refractivity (Wildman–Crippen MR) is 120 cm³/mol. The summed E-state index contributed by atoms with van der Waals surface area (Å²) in [5.41, 5.74) is -0.452. The van der Waals surface area contributed by atoms with Crippen molar-refractivity contribution in [1.29, 1.82) is 0 Å². The minimum absolute atomic E-state index is 0.487. The monoisotopic (exact) mass is 426 g/mol. The van der Waals surface area contributed by atoms with Gasteiger partial charge in [-0.05, 0) is 12.5 Å². The van der Waals surface area contributed by atoms with Gasteiger partial charge in [0.1, 0.15) is 17.9 Å². The Morgan fingerprint density at radius 2 is 1.30 bits per heavy atom. The quantitative estimate of drug-likeness (QED) is 0.344. The Bertz CT molecular complexity index is 909. The lowest BCUT2D eigenvalue weighted by atomic mass is 10.0. The molecule has 0 aliphatic carbocycles. The lowest BCUT2D eigenvalue weighted by Gasteiger charge is -2.37. The van der Waals surface area contributed by atoms with E-state index >= 15 is 0 Å². The summed E-state index contributed by atoms with van der Waals surface area (Å²) in [4.78, 5) is 23.8. The third-order valence-corrected chi connectivity index (χ3v) is 8.19. The summed E-state index contributed by atoms with van der Waals surface area (Å²) in [6.45, 7) is 12.0. The molecule has 2 aromatic carbocycles. The van der Waals surface area contributed by atoms with Crippen molar-refractivity contribution in [3.05, 3.63) is 85.5 Å². The SMILES string of the molecule is C=C[C@@H](OC(C)=O)[C@H]([C@H](OC(C)=O)C(=C)C)P(=O)(c1ccccc1)c1ccccc1. The van der Waals surface area contributed by atoms with Gasteiger partial charge < -0.3 is 14.0 Å². The fourth-order valence-corrected chi connectivity index (χ4v) is 6.96. The summed E-state index contributed by atoms with van der Waals surface area (Å²) >= 11 is 0. The zero-order valence-corrected chi connectivity index (χ0v) is 18.4. The Hall–Kier alpha value is -2.91. The van der Waals surface area contributed by atoms with Crippen molar-refractivity contribution < 1.29 is 23.6 Å². The maximum atomic E-state index is 15.0. The molecule has 0 N–H and O–H groups in total. The van der Waals surface area contributed by atoms with E-state index in [-0.39, 0.29) is 0 Å². The first-order valence-corrected chi connectivity index (χ1v) is 11.3. The van der Waals surface area contributed by atoms with Gasteiger partial charge in [0.15, 0.2) is 7.14 Å². The van der Waals surface area contributed by atoms with Crippen LogP contribution >= 0.6 is 7.14 Å². The van der Waals surface area contributed by atoms with Gasteiger partial charge in [-0.25, -0.2) is 0 Å². The largest absolute Gasteiger partial charge is 0.457 e. The molecular weight excluding hydrogens is 399 g/mol. The second kappa shape index (κ2) is 10.2. The van der Waals surface area contributed by atoms with Gasteiger partial charge in [-0.2, -0.15) is 0 Å². The molecule has 0 fully saturated rings. The Kier molecular flexibility index (Phi) is 7.96. The van der Waals surface area contributed by atoms with Crippen LogP contribution in [-0.4, -0.2) is 29.8 Å². The first-order valence-electron chi connectivity index (χ1n) is 9.55. The molecule has 0 bridgehead atoms. The molecule has 6 heteroatoms. The Balaban J connectivity index is 2.85. The van der Waals surface area contributed by atoms with Gasteiger partial charge >= 0.3 is 11.9 Å². The van der Waals surface area contributed by atoms with Crippen molar-refractivity contribution in [2.45, 2.75) is 38.6 Å². The third-order valence-electron chi connectivity index (χ3n) is 4.66. The second-order valence-corrected chi connectivity index (χ2v) is 9.95. The normalized spacial score (nSPS) is 14.1. The van der Waals surface area contributed by atoms with Crippen LogP contribution in [0.5, 0.6) is 0 Å². The van der Waals surface area contributed by atoms with E-state index in [2.05, 4.69) is 13.2 Å². The fraction of sp³-hybridized carbons (Fsp3) is 0.250. The minimum atomic E-state index is -3.52. The lowest BCUT2D eigenvalue weighted by Crippen LogP contribution is -2.46. The summed E-state index contributed by atoms with van der Waals surface area (Å²) in [7, 11) is -3.52. The van der Waals surface area contributed by atoms with E-state index in [1.165, 1.54) is 19.9 Å². The molecule has 0 saturated heterocycles. The molecule has 0 unspecified atom stereocenters. The molecular formula is C24H27O5P. The van der Waals surface area contributed by atoms with E-state index in [4.69, 9.17) is 9.47 Å². The Morgan fingerprint density at radius 1 is 0.867 bits per heavy atom.